The van der Waals surface area contributed by atoms with E-state index in [1.165, 1.54) is 43.3 Å². The predicted molar refractivity (Wildman–Crippen MR) is 137 cm³/mol. The average Bonchev–Trinajstić information content (AvgIpc) is 2.94. The first-order valence-corrected chi connectivity index (χ1v) is 12.7. The number of aromatic hydroxyl groups is 2. The first-order valence-electron chi connectivity index (χ1n) is 12.7. The Bertz CT molecular complexity index is 1420. The van der Waals surface area contributed by atoms with Gasteiger partial charge in [0.25, 0.3) is 0 Å². The highest BCUT2D eigenvalue weighted by Crippen LogP contribution is 2.35. The third-order valence-corrected chi connectivity index (χ3v) is 7.11. The van der Waals surface area contributed by atoms with E-state index in [2.05, 4.69) is 0 Å². The summed E-state index contributed by atoms with van der Waals surface area (Å²) < 4.78 is 28.4. The van der Waals surface area contributed by atoms with Gasteiger partial charge in [0.15, 0.2) is 17.8 Å². The lowest BCUT2D eigenvalue weighted by Gasteiger charge is -2.45. The van der Waals surface area contributed by atoms with E-state index in [0.717, 1.165) is 6.07 Å². The van der Waals surface area contributed by atoms with Crippen LogP contribution in [0.2, 0.25) is 0 Å². The number of phenolic OH excluding ortho intramolecular Hbond substituents is 2. The normalized spacial score (nSPS) is 34.0. The lowest BCUT2D eigenvalue weighted by Crippen LogP contribution is -2.64. The monoisotopic (exact) mass is 578 g/mol. The molecule has 2 saturated heterocycles. The van der Waals surface area contributed by atoms with Crippen molar-refractivity contribution >= 4 is 11.0 Å². The van der Waals surface area contributed by atoms with Crippen LogP contribution in [0.1, 0.15) is 6.92 Å². The van der Waals surface area contributed by atoms with Gasteiger partial charge >= 0.3 is 0 Å². The number of fused-ring (bicyclic) bond motifs is 1. The Hall–Kier alpha value is -3.31. The number of aliphatic hydroxyl groups is 6. The Morgan fingerprint density at radius 2 is 1.54 bits per heavy atom. The van der Waals surface area contributed by atoms with Crippen molar-refractivity contribution in [1.82, 2.24) is 0 Å². The quantitative estimate of drug-likeness (QED) is 0.174. The second kappa shape index (κ2) is 11.5. The molecule has 0 spiro atoms. The van der Waals surface area contributed by atoms with Crippen molar-refractivity contribution in [2.75, 3.05) is 6.61 Å². The Labute approximate surface area is 231 Å². The maximum atomic E-state index is 12.8. The molecule has 0 radical (unpaired) electrons. The molecule has 3 heterocycles. The van der Waals surface area contributed by atoms with Crippen LogP contribution in [-0.4, -0.2) is 109 Å². The molecule has 2 aliphatic heterocycles. The minimum Gasteiger partial charge on any atom is -0.508 e. The Morgan fingerprint density at radius 3 is 2.22 bits per heavy atom. The topological polar surface area (TPSA) is 229 Å². The lowest BCUT2D eigenvalue weighted by atomic mass is 9.97. The van der Waals surface area contributed by atoms with Crippen molar-refractivity contribution in [1.29, 1.82) is 0 Å². The zero-order chi connectivity index (χ0) is 29.6. The van der Waals surface area contributed by atoms with E-state index >= 15 is 0 Å². The molecule has 3 aromatic rings. The number of hydrogen-bond donors (Lipinski definition) is 8. The zero-order valence-corrected chi connectivity index (χ0v) is 21.5. The number of hydrogen-bond acceptors (Lipinski definition) is 14. The lowest BCUT2D eigenvalue weighted by molar-refractivity contribution is -0.354. The second-order valence-electron chi connectivity index (χ2n) is 9.94. The predicted octanol–water partition coefficient (Wildman–Crippen LogP) is -1.10. The van der Waals surface area contributed by atoms with Gasteiger partial charge in [-0.05, 0) is 31.2 Å². The molecule has 4 unspecified atom stereocenters. The standard InChI is InChI=1S/C27H30O14/c1-10-20(32)22(34)24(36)26(37-10)41-25-23(35)21(33)18(9-28)40-27(25)38-13-6-14(30)19-15(31)8-16(39-17(19)7-13)11-2-4-12(29)5-3-11/h2-8,10,18,20-30,32-36H,9H2,1H3/t10?,18?,20-,21-,22+,23-,24?,25?,26+,27-/m1/s1. The van der Waals surface area contributed by atoms with E-state index in [0.29, 0.717) is 5.56 Å². The smallest absolute Gasteiger partial charge is 0.229 e. The molecule has 0 bridgehead atoms. The summed E-state index contributed by atoms with van der Waals surface area (Å²) >= 11 is 0. The van der Waals surface area contributed by atoms with Crippen molar-refractivity contribution in [3.8, 4) is 28.6 Å². The van der Waals surface area contributed by atoms with Crippen LogP contribution in [0.15, 0.2) is 51.7 Å². The molecular weight excluding hydrogens is 548 g/mol. The highest BCUT2D eigenvalue weighted by molar-refractivity contribution is 5.86. The van der Waals surface area contributed by atoms with Crippen molar-refractivity contribution in [2.24, 2.45) is 0 Å². The Morgan fingerprint density at radius 1 is 0.829 bits per heavy atom. The molecule has 8 N–H and O–H groups in total. The van der Waals surface area contributed by atoms with E-state index < -0.39 is 79.2 Å². The summed E-state index contributed by atoms with van der Waals surface area (Å²) in [6.45, 7) is 0.704. The van der Waals surface area contributed by atoms with Crippen LogP contribution in [0.25, 0.3) is 22.3 Å². The largest absolute Gasteiger partial charge is 0.508 e. The zero-order valence-electron chi connectivity index (χ0n) is 21.5. The van der Waals surface area contributed by atoms with Gasteiger partial charge in [0, 0.05) is 23.8 Å². The van der Waals surface area contributed by atoms with Gasteiger partial charge in [-0.1, -0.05) is 0 Å². The van der Waals surface area contributed by atoms with Crippen LogP contribution >= 0.6 is 0 Å². The molecule has 2 fully saturated rings. The molecule has 41 heavy (non-hydrogen) atoms. The summed E-state index contributed by atoms with van der Waals surface area (Å²) in [6.07, 6.45) is -15.3. The number of rotatable bonds is 6. The number of phenols is 2. The molecule has 14 heteroatoms. The molecule has 10 atom stereocenters. The molecular formula is C27H30O14. The van der Waals surface area contributed by atoms with Crippen LogP contribution in [0.4, 0.5) is 0 Å². The molecule has 2 aliphatic rings. The van der Waals surface area contributed by atoms with Gasteiger partial charge in [0.1, 0.15) is 70.6 Å². The van der Waals surface area contributed by atoms with Crippen LogP contribution in [0, 0.1) is 0 Å². The summed E-state index contributed by atoms with van der Waals surface area (Å²) in [5, 5.41) is 81.4. The first-order chi connectivity index (χ1) is 19.5. The van der Waals surface area contributed by atoms with Gasteiger partial charge in [0.05, 0.1) is 12.7 Å². The van der Waals surface area contributed by atoms with E-state index in [4.69, 9.17) is 23.4 Å². The summed E-state index contributed by atoms with van der Waals surface area (Å²) in [6, 6.07) is 9.38. The van der Waals surface area contributed by atoms with Crippen LogP contribution in [0.5, 0.6) is 17.2 Å². The molecule has 0 aliphatic carbocycles. The van der Waals surface area contributed by atoms with E-state index in [9.17, 15) is 45.6 Å². The minimum absolute atomic E-state index is 0.00857. The fourth-order valence-electron chi connectivity index (χ4n) is 4.79. The van der Waals surface area contributed by atoms with Crippen LogP contribution in [-0.2, 0) is 14.2 Å². The summed E-state index contributed by atoms with van der Waals surface area (Å²) in [7, 11) is 0. The molecule has 0 saturated carbocycles. The SMILES string of the molecule is CC1O[C@@H](OC2[C@H](Oc3cc(O)c4c(=O)cc(-c5ccc(O)cc5)oc4c3)OC(CO)[C@@H](O)[C@H]2O)C(O)[C@@H](O)[C@@H]1O. The first kappa shape index (κ1) is 29.2. The van der Waals surface area contributed by atoms with E-state index in [1.807, 2.05) is 0 Å². The van der Waals surface area contributed by atoms with Crippen LogP contribution < -0.4 is 10.2 Å². The van der Waals surface area contributed by atoms with Gasteiger partial charge < -0.3 is 64.2 Å². The molecule has 14 nitrogen and oxygen atoms in total. The van der Waals surface area contributed by atoms with Crippen molar-refractivity contribution < 1.29 is 64.2 Å². The molecule has 1 aromatic heterocycles. The van der Waals surface area contributed by atoms with Crippen LogP contribution in [0.3, 0.4) is 0 Å². The summed E-state index contributed by atoms with van der Waals surface area (Å²) in [5.41, 5.74) is -0.182. The van der Waals surface area contributed by atoms with Crippen molar-refractivity contribution in [3.05, 3.63) is 52.7 Å². The number of aliphatic hydroxyl groups excluding tert-OH is 6. The highest BCUT2D eigenvalue weighted by atomic mass is 16.8. The fraction of sp³-hybridized carbons (Fsp3) is 0.444. The molecule has 222 valence electrons. The second-order valence-corrected chi connectivity index (χ2v) is 9.94. The fourth-order valence-corrected chi connectivity index (χ4v) is 4.79. The summed E-state index contributed by atoms with van der Waals surface area (Å²) in [5.74, 6) is -0.498. The summed E-state index contributed by atoms with van der Waals surface area (Å²) in [4.78, 5) is 12.8. The van der Waals surface area contributed by atoms with Gasteiger partial charge in [-0.3, -0.25) is 4.79 Å². The Kier molecular flexibility index (Phi) is 8.20. The average molecular weight is 579 g/mol. The third-order valence-electron chi connectivity index (χ3n) is 7.11. The van der Waals surface area contributed by atoms with E-state index in [1.54, 1.807) is 0 Å². The molecule has 2 aromatic carbocycles. The number of ether oxygens (including phenoxy) is 4. The van der Waals surface area contributed by atoms with Gasteiger partial charge in [-0.25, -0.2) is 0 Å². The molecule has 5 rings (SSSR count). The van der Waals surface area contributed by atoms with Gasteiger partial charge in [0.2, 0.25) is 6.29 Å². The minimum atomic E-state index is -1.76. The molecule has 0 amide bonds. The third kappa shape index (κ3) is 5.61. The van der Waals surface area contributed by atoms with Crippen molar-refractivity contribution in [2.45, 2.75) is 68.3 Å². The Balaban J connectivity index is 1.47. The van der Waals surface area contributed by atoms with Gasteiger partial charge in [-0.15, -0.1) is 0 Å². The maximum absolute atomic E-state index is 12.8. The van der Waals surface area contributed by atoms with E-state index in [-0.39, 0.29) is 28.2 Å². The maximum Gasteiger partial charge on any atom is 0.229 e. The highest BCUT2D eigenvalue weighted by Gasteiger charge is 2.50. The number of benzene rings is 2. The van der Waals surface area contributed by atoms with Gasteiger partial charge in [-0.2, -0.15) is 0 Å². The van der Waals surface area contributed by atoms with Crippen molar-refractivity contribution in [3.63, 3.8) is 0 Å².